The van der Waals surface area contributed by atoms with Gasteiger partial charge in [-0.1, -0.05) is 0 Å². The smallest absolute Gasteiger partial charge is 0.359 e. The average molecular weight is 162 g/mol. The molecule has 1 aromatic rings. The molecule has 0 unspecified atom stereocenters. The molecule has 0 atom stereocenters. The quantitative estimate of drug-likeness (QED) is 0.673. The highest BCUT2D eigenvalue weighted by atomic mass is 19.1. The fourth-order valence-electron chi connectivity index (χ4n) is 0.595. The van der Waals surface area contributed by atoms with E-state index in [1.165, 1.54) is 0 Å². The third-order valence-electron chi connectivity index (χ3n) is 1.11. The number of rotatable bonds is 2. The molecule has 0 aliphatic carbocycles. The van der Waals surface area contributed by atoms with Crippen molar-refractivity contribution in [2.75, 3.05) is 0 Å². The molecule has 0 aromatic carbocycles. The number of nitrogens with zero attached hydrogens (tertiary/aromatic N) is 1. The van der Waals surface area contributed by atoms with E-state index in [2.05, 4.69) is 5.10 Å². The summed E-state index contributed by atoms with van der Waals surface area (Å²) in [5.74, 6) is -2.65. The molecule has 11 heavy (non-hydrogen) atoms. The number of nitrogens with one attached hydrogen (secondary N) is 1. The minimum atomic E-state index is -1.52. The Balaban J connectivity index is 3.10. The topological polar surface area (TPSA) is 66.0 Å². The van der Waals surface area contributed by atoms with Crippen molar-refractivity contribution >= 4 is 5.97 Å². The lowest BCUT2D eigenvalue weighted by Gasteiger charge is -1.85. The number of hydrogen-bond donors (Lipinski definition) is 2. The number of carbonyl (C=O) groups is 1. The number of carboxylic acids is 1. The molecule has 60 valence electrons. The van der Waals surface area contributed by atoms with Crippen molar-refractivity contribution in [2.24, 2.45) is 0 Å². The van der Waals surface area contributed by atoms with Crippen LogP contribution in [0.4, 0.5) is 8.78 Å². The van der Waals surface area contributed by atoms with E-state index in [0.29, 0.717) is 0 Å². The second-order valence-corrected chi connectivity index (χ2v) is 1.80. The van der Waals surface area contributed by atoms with E-state index in [9.17, 15) is 13.6 Å². The van der Waals surface area contributed by atoms with E-state index < -0.39 is 29.8 Å². The van der Waals surface area contributed by atoms with Gasteiger partial charge in [0, 0.05) is 0 Å². The Morgan fingerprint density at radius 3 is 2.64 bits per heavy atom. The molecule has 0 saturated carbocycles. The van der Waals surface area contributed by atoms with Crippen molar-refractivity contribution in [3.05, 3.63) is 17.2 Å². The Bertz CT molecular complexity index is 284. The summed E-state index contributed by atoms with van der Waals surface area (Å²) in [5.41, 5.74) is -1.22. The van der Waals surface area contributed by atoms with E-state index >= 15 is 0 Å². The number of aromatic nitrogens is 2. The van der Waals surface area contributed by atoms with Gasteiger partial charge in [-0.15, -0.1) is 0 Å². The number of halogens is 2. The zero-order valence-corrected chi connectivity index (χ0v) is 5.27. The van der Waals surface area contributed by atoms with Gasteiger partial charge in [0.25, 0.3) is 0 Å². The number of hydrogen-bond acceptors (Lipinski definition) is 2. The van der Waals surface area contributed by atoms with Gasteiger partial charge < -0.3 is 5.11 Å². The fraction of sp³-hybridized carbons (Fsp3) is 0.200. The molecule has 0 aliphatic rings. The van der Waals surface area contributed by atoms with Gasteiger partial charge in [0.2, 0.25) is 5.69 Å². The highest BCUT2D eigenvalue weighted by molar-refractivity contribution is 5.85. The van der Waals surface area contributed by atoms with E-state index in [-0.39, 0.29) is 0 Å². The minimum absolute atomic E-state index is 0.442. The van der Waals surface area contributed by atoms with Crippen LogP contribution in [0, 0.1) is 5.82 Å². The first-order valence-electron chi connectivity index (χ1n) is 2.68. The Morgan fingerprint density at radius 1 is 1.73 bits per heavy atom. The summed E-state index contributed by atoms with van der Waals surface area (Å²) in [7, 11) is 0. The van der Waals surface area contributed by atoms with Crippen LogP contribution in [0.5, 0.6) is 0 Å². The van der Waals surface area contributed by atoms with Gasteiger partial charge in [0.1, 0.15) is 12.4 Å². The van der Waals surface area contributed by atoms with Crippen LogP contribution in [0.2, 0.25) is 0 Å². The highest BCUT2D eigenvalue weighted by Gasteiger charge is 2.17. The number of H-pyrrole nitrogens is 1. The molecule has 6 heteroatoms. The lowest BCUT2D eigenvalue weighted by atomic mass is 10.3. The molecule has 0 bridgehead atoms. The highest BCUT2D eigenvalue weighted by Crippen LogP contribution is 2.09. The molecular formula is C5H4F2N2O2. The maximum atomic E-state index is 12.6. The van der Waals surface area contributed by atoms with Crippen LogP contribution in [-0.4, -0.2) is 21.3 Å². The Morgan fingerprint density at radius 2 is 2.36 bits per heavy atom. The zero-order chi connectivity index (χ0) is 8.43. The Hall–Kier alpha value is -1.46. The fourth-order valence-corrected chi connectivity index (χ4v) is 0.595. The second-order valence-electron chi connectivity index (χ2n) is 1.80. The van der Waals surface area contributed by atoms with Gasteiger partial charge in [-0.2, -0.15) is 5.10 Å². The molecule has 1 rings (SSSR count). The van der Waals surface area contributed by atoms with Gasteiger partial charge >= 0.3 is 5.97 Å². The lowest BCUT2D eigenvalue weighted by Crippen LogP contribution is -1.99. The summed E-state index contributed by atoms with van der Waals surface area (Å²) < 4.78 is 24.3. The normalized spacial score (nSPS) is 10.0. The van der Waals surface area contributed by atoms with E-state index in [0.717, 1.165) is 0 Å². The summed E-state index contributed by atoms with van der Waals surface area (Å²) in [5, 5.41) is 13.2. The first-order chi connectivity index (χ1) is 5.16. The van der Waals surface area contributed by atoms with Crippen molar-refractivity contribution in [1.82, 2.24) is 10.2 Å². The predicted octanol–water partition coefficient (Wildman–Crippen LogP) is 0.716. The first kappa shape index (κ1) is 7.64. The van der Waals surface area contributed by atoms with Crippen molar-refractivity contribution < 1.29 is 18.7 Å². The largest absolute Gasteiger partial charge is 0.476 e. The first-order valence-corrected chi connectivity index (χ1v) is 2.68. The second kappa shape index (κ2) is 2.65. The van der Waals surface area contributed by atoms with E-state index in [1.807, 2.05) is 5.10 Å². The van der Waals surface area contributed by atoms with Gasteiger partial charge in [-0.25, -0.2) is 13.6 Å². The lowest BCUT2D eigenvalue weighted by molar-refractivity contribution is 0.0685. The van der Waals surface area contributed by atoms with Crippen molar-refractivity contribution in [3.8, 4) is 0 Å². The number of carboxylic acid groups (broad SMARTS) is 1. The summed E-state index contributed by atoms with van der Waals surface area (Å²) in [6.45, 7) is -1.09. The van der Waals surface area contributed by atoms with E-state index in [4.69, 9.17) is 5.11 Å². The summed E-state index contributed by atoms with van der Waals surface area (Å²) in [6.07, 6.45) is 0. The monoisotopic (exact) mass is 162 g/mol. The van der Waals surface area contributed by atoms with Crippen LogP contribution < -0.4 is 0 Å². The number of aromatic amines is 1. The van der Waals surface area contributed by atoms with Crippen molar-refractivity contribution in [1.29, 1.82) is 0 Å². The van der Waals surface area contributed by atoms with Crippen molar-refractivity contribution in [2.45, 2.75) is 6.67 Å². The Kier molecular flexibility index (Phi) is 1.84. The van der Waals surface area contributed by atoms with Crippen LogP contribution >= 0.6 is 0 Å². The molecule has 0 spiro atoms. The molecule has 1 aromatic heterocycles. The van der Waals surface area contributed by atoms with Crippen LogP contribution in [-0.2, 0) is 6.67 Å². The third-order valence-corrected chi connectivity index (χ3v) is 1.11. The molecule has 4 nitrogen and oxygen atoms in total. The average Bonchev–Trinajstić information content (AvgIpc) is 2.30. The molecule has 0 fully saturated rings. The van der Waals surface area contributed by atoms with Gasteiger partial charge in [-0.3, -0.25) is 5.10 Å². The predicted molar refractivity (Wildman–Crippen MR) is 30.3 cm³/mol. The van der Waals surface area contributed by atoms with Crippen LogP contribution in [0.3, 0.4) is 0 Å². The summed E-state index contributed by atoms with van der Waals surface area (Å²) in [4.78, 5) is 10.1. The van der Waals surface area contributed by atoms with Crippen molar-refractivity contribution in [3.63, 3.8) is 0 Å². The molecule has 2 N–H and O–H groups in total. The Labute approximate surface area is 59.8 Å². The molecular weight excluding hydrogens is 158 g/mol. The van der Waals surface area contributed by atoms with Crippen LogP contribution in [0.1, 0.15) is 16.2 Å². The molecule has 0 radical (unpaired) electrons. The zero-order valence-electron chi connectivity index (χ0n) is 5.27. The maximum Gasteiger partial charge on any atom is 0.359 e. The van der Waals surface area contributed by atoms with Crippen LogP contribution in [0.15, 0.2) is 0 Å². The van der Waals surface area contributed by atoms with Gasteiger partial charge in [0.15, 0.2) is 5.82 Å². The molecule has 0 amide bonds. The maximum absolute atomic E-state index is 12.6. The minimum Gasteiger partial charge on any atom is -0.476 e. The van der Waals surface area contributed by atoms with Crippen LogP contribution in [0.25, 0.3) is 0 Å². The van der Waals surface area contributed by atoms with Gasteiger partial charge in [0.05, 0.1) is 0 Å². The molecule has 1 heterocycles. The van der Waals surface area contributed by atoms with E-state index in [1.54, 1.807) is 0 Å². The number of alkyl halides is 1. The third kappa shape index (κ3) is 1.19. The molecule has 0 saturated heterocycles. The summed E-state index contributed by atoms with van der Waals surface area (Å²) in [6, 6.07) is 0. The molecule has 0 aliphatic heterocycles. The van der Waals surface area contributed by atoms with Gasteiger partial charge in [-0.05, 0) is 0 Å². The standard InChI is InChI=1S/C5H4F2N2O2/c6-1-2-3(7)4(5(10)11)9-8-2/h1H2,(H,8,9)(H,10,11). The number of aromatic carboxylic acids is 1. The summed E-state index contributed by atoms with van der Waals surface area (Å²) >= 11 is 0. The SMILES string of the molecule is O=C(O)c1n[nH]c(CF)c1F.